The van der Waals surface area contributed by atoms with Crippen LogP contribution in [-0.2, 0) is 0 Å². The largest absolute Gasteiger partial charge is 0.369 e. The third-order valence-corrected chi connectivity index (χ3v) is 3.14. The first-order valence-corrected chi connectivity index (χ1v) is 5.64. The average Bonchev–Trinajstić information content (AvgIpc) is 2.73. The molecule has 2 nitrogen and oxygen atoms in total. The summed E-state index contributed by atoms with van der Waals surface area (Å²) in [4.78, 5) is 4.38. The fraction of sp³-hybridized carbons (Fsp3) is 0.214. The fourth-order valence-electron chi connectivity index (χ4n) is 2.33. The average molecular weight is 212 g/mol. The summed E-state index contributed by atoms with van der Waals surface area (Å²) in [6.07, 6.45) is 1.88. The van der Waals surface area contributed by atoms with E-state index in [4.69, 9.17) is 0 Å². The molecule has 1 aromatic carbocycles. The van der Waals surface area contributed by atoms with Crippen LogP contribution in [0.1, 0.15) is 19.8 Å². The van der Waals surface area contributed by atoms with E-state index in [9.17, 15) is 0 Å². The Balaban J connectivity index is 0.00000108. The first-order valence-electron chi connectivity index (χ1n) is 5.64. The van der Waals surface area contributed by atoms with Gasteiger partial charge in [-0.2, -0.15) is 0 Å². The molecule has 3 rings (SSSR count). The topological polar surface area (TPSA) is 24.9 Å². The van der Waals surface area contributed by atoms with Crippen LogP contribution in [0.5, 0.6) is 0 Å². The van der Waals surface area contributed by atoms with E-state index >= 15 is 0 Å². The number of hydrogen-bond acceptors (Lipinski definition) is 2. The van der Waals surface area contributed by atoms with Crippen LogP contribution in [0.25, 0.3) is 11.1 Å². The maximum atomic E-state index is 4.38. The predicted octanol–water partition coefficient (Wildman–Crippen LogP) is 3.52. The van der Waals surface area contributed by atoms with E-state index < -0.39 is 0 Å². The van der Waals surface area contributed by atoms with Gasteiger partial charge in [-0.25, -0.2) is 4.98 Å². The molecule has 2 heterocycles. The third-order valence-electron chi connectivity index (χ3n) is 3.14. The second kappa shape index (κ2) is 3.63. The highest BCUT2D eigenvalue weighted by Crippen LogP contribution is 2.37. The molecular weight excluding hydrogens is 196 g/mol. The molecule has 1 unspecified atom stereocenters. The second-order valence-corrected chi connectivity index (χ2v) is 4.27. The van der Waals surface area contributed by atoms with Crippen molar-refractivity contribution < 1.29 is 1.43 Å². The molecule has 1 aliphatic heterocycles. The zero-order valence-electron chi connectivity index (χ0n) is 9.27. The van der Waals surface area contributed by atoms with Crippen molar-refractivity contribution in [3.63, 3.8) is 0 Å². The van der Waals surface area contributed by atoms with Gasteiger partial charge in [0.25, 0.3) is 0 Å². The Kier molecular flexibility index (Phi) is 2.13. The number of fused-ring (bicyclic) bond motifs is 1. The molecule has 0 radical (unpaired) electrons. The van der Waals surface area contributed by atoms with Crippen molar-refractivity contribution in [2.24, 2.45) is 0 Å². The second-order valence-electron chi connectivity index (χ2n) is 4.27. The van der Waals surface area contributed by atoms with E-state index in [0.717, 1.165) is 12.4 Å². The van der Waals surface area contributed by atoms with E-state index in [1.807, 2.05) is 12.3 Å². The van der Waals surface area contributed by atoms with Crippen molar-refractivity contribution in [2.75, 3.05) is 11.9 Å². The van der Waals surface area contributed by atoms with Crippen LogP contribution in [0.2, 0.25) is 0 Å². The van der Waals surface area contributed by atoms with Crippen molar-refractivity contribution in [1.29, 1.82) is 0 Å². The number of nitrogens with zero attached hydrogens (tertiary/aromatic N) is 1. The highest BCUT2D eigenvalue weighted by atomic mass is 15.0. The predicted molar refractivity (Wildman–Crippen MR) is 68.7 cm³/mol. The molecule has 1 aliphatic rings. The minimum atomic E-state index is 0. The quantitative estimate of drug-likeness (QED) is 0.782. The maximum Gasteiger partial charge on any atom is 0.130 e. The molecule has 82 valence electrons. The third kappa shape index (κ3) is 1.38. The Morgan fingerprint density at radius 3 is 2.88 bits per heavy atom. The first-order chi connectivity index (χ1) is 7.86. The summed E-state index contributed by atoms with van der Waals surface area (Å²) in [5.74, 6) is 1.59. The summed E-state index contributed by atoms with van der Waals surface area (Å²) < 4.78 is 0. The molecule has 0 spiro atoms. The lowest BCUT2D eigenvalue weighted by atomic mass is 9.95. The van der Waals surface area contributed by atoms with E-state index in [0.29, 0.717) is 5.92 Å². The van der Waals surface area contributed by atoms with Crippen LogP contribution in [-0.4, -0.2) is 11.5 Å². The van der Waals surface area contributed by atoms with E-state index in [2.05, 4.69) is 47.6 Å². The van der Waals surface area contributed by atoms with Crippen molar-refractivity contribution in [3.8, 4) is 11.1 Å². The molecule has 0 saturated heterocycles. The van der Waals surface area contributed by atoms with Gasteiger partial charge in [0.05, 0.1) is 0 Å². The molecule has 2 heteroatoms. The Hall–Kier alpha value is -1.83. The number of benzene rings is 1. The summed E-state index contributed by atoms with van der Waals surface area (Å²) in [6, 6.07) is 12.6. The normalized spacial score (nSPS) is 17.9. The van der Waals surface area contributed by atoms with Gasteiger partial charge >= 0.3 is 0 Å². The van der Waals surface area contributed by atoms with E-state index in [1.54, 1.807) is 0 Å². The Labute approximate surface area is 96.8 Å². The van der Waals surface area contributed by atoms with Gasteiger partial charge in [-0.05, 0) is 17.2 Å². The Bertz CT molecular complexity index is 511. The van der Waals surface area contributed by atoms with Crippen LogP contribution < -0.4 is 5.32 Å². The summed E-state index contributed by atoms with van der Waals surface area (Å²) >= 11 is 0. The van der Waals surface area contributed by atoms with Crippen molar-refractivity contribution in [1.82, 2.24) is 4.98 Å². The van der Waals surface area contributed by atoms with Crippen molar-refractivity contribution in [3.05, 3.63) is 48.2 Å². The fourth-order valence-corrected chi connectivity index (χ4v) is 2.33. The molecule has 0 saturated carbocycles. The van der Waals surface area contributed by atoms with Gasteiger partial charge in [0, 0.05) is 25.6 Å². The molecule has 2 aromatic rings. The molecule has 1 aromatic heterocycles. The van der Waals surface area contributed by atoms with Gasteiger partial charge in [-0.3, -0.25) is 0 Å². The summed E-state index contributed by atoms with van der Waals surface area (Å²) in [5.41, 5.74) is 3.94. The number of nitrogens with one attached hydrogen (secondary N) is 1. The van der Waals surface area contributed by atoms with Gasteiger partial charge in [-0.1, -0.05) is 37.3 Å². The summed E-state index contributed by atoms with van der Waals surface area (Å²) in [6.45, 7) is 3.24. The molecule has 0 aliphatic carbocycles. The standard InChI is InChI=1S/C14H14N2.H2/c1-10-9-16-14-13(10)12(7-8-15-14)11-5-3-2-4-6-11;/h2-8,10H,9H2,1H3,(H,15,16);1H. The van der Waals surface area contributed by atoms with E-state index in [-0.39, 0.29) is 1.43 Å². The van der Waals surface area contributed by atoms with Crippen molar-refractivity contribution >= 4 is 5.82 Å². The molecular formula is C14H16N2. The number of rotatable bonds is 1. The number of aromatic nitrogens is 1. The van der Waals surface area contributed by atoms with Crippen molar-refractivity contribution in [2.45, 2.75) is 12.8 Å². The Morgan fingerprint density at radius 2 is 2.06 bits per heavy atom. The van der Waals surface area contributed by atoms with E-state index in [1.165, 1.54) is 16.7 Å². The van der Waals surface area contributed by atoms with Crippen LogP contribution in [0.4, 0.5) is 5.82 Å². The molecule has 1 N–H and O–H groups in total. The number of pyridine rings is 1. The smallest absolute Gasteiger partial charge is 0.130 e. The van der Waals surface area contributed by atoms with Gasteiger partial charge < -0.3 is 5.32 Å². The summed E-state index contributed by atoms with van der Waals surface area (Å²) in [5, 5.41) is 3.35. The lowest BCUT2D eigenvalue weighted by molar-refractivity contribution is 0.855. The lowest BCUT2D eigenvalue weighted by Gasteiger charge is -2.10. The monoisotopic (exact) mass is 212 g/mol. The van der Waals surface area contributed by atoms with Gasteiger partial charge in [-0.15, -0.1) is 0 Å². The first kappa shape index (κ1) is 9.40. The van der Waals surface area contributed by atoms with Gasteiger partial charge in [0.2, 0.25) is 0 Å². The zero-order chi connectivity index (χ0) is 11.0. The molecule has 16 heavy (non-hydrogen) atoms. The van der Waals surface area contributed by atoms with Gasteiger partial charge in [0.15, 0.2) is 0 Å². The molecule has 1 atom stereocenters. The zero-order valence-corrected chi connectivity index (χ0v) is 9.27. The van der Waals surface area contributed by atoms with Crippen LogP contribution in [0.3, 0.4) is 0 Å². The number of anilines is 1. The highest BCUT2D eigenvalue weighted by molar-refractivity contribution is 5.74. The number of hydrogen-bond donors (Lipinski definition) is 1. The maximum absolute atomic E-state index is 4.38. The SMILES string of the molecule is CC1CNc2nccc(-c3ccccc3)c21.[HH]. The minimum Gasteiger partial charge on any atom is -0.369 e. The molecule has 0 fully saturated rings. The lowest BCUT2D eigenvalue weighted by Crippen LogP contribution is -1.96. The molecule has 0 amide bonds. The van der Waals surface area contributed by atoms with Crippen LogP contribution in [0.15, 0.2) is 42.6 Å². The van der Waals surface area contributed by atoms with Gasteiger partial charge in [0.1, 0.15) is 5.82 Å². The minimum absolute atomic E-state index is 0. The van der Waals surface area contributed by atoms with Crippen LogP contribution >= 0.6 is 0 Å². The van der Waals surface area contributed by atoms with Crippen LogP contribution in [0, 0.1) is 0 Å². The Morgan fingerprint density at radius 1 is 1.25 bits per heavy atom. The molecule has 0 bridgehead atoms. The highest BCUT2D eigenvalue weighted by Gasteiger charge is 2.22. The summed E-state index contributed by atoms with van der Waals surface area (Å²) in [7, 11) is 0.